The number of carbonyl (C=O) groups excluding carboxylic acids is 1. The summed E-state index contributed by atoms with van der Waals surface area (Å²) in [5, 5.41) is 0. The maximum atomic E-state index is 10.6. The molecule has 0 fully saturated rings. The summed E-state index contributed by atoms with van der Waals surface area (Å²) in [7, 11) is 0. The zero-order valence-corrected chi connectivity index (χ0v) is 12.7. The van der Waals surface area contributed by atoms with E-state index in [4.69, 9.17) is 0 Å². The molecule has 0 radical (unpaired) electrons. The van der Waals surface area contributed by atoms with E-state index in [2.05, 4.69) is 44.0 Å². The summed E-state index contributed by atoms with van der Waals surface area (Å²) in [4.78, 5) is 12.9. The predicted molar refractivity (Wildman–Crippen MR) is 77.8 cm³/mol. The zero-order valence-electron chi connectivity index (χ0n) is 8.69. The minimum Gasteiger partial charge on any atom is -0.298 e. The lowest BCUT2D eigenvalue weighted by Gasteiger charge is -2.05. The van der Waals surface area contributed by atoms with Crippen LogP contribution in [-0.4, -0.2) is 6.29 Å². The molecule has 86 valence electrons. The van der Waals surface area contributed by atoms with Crippen molar-refractivity contribution in [3.05, 3.63) is 57.0 Å². The van der Waals surface area contributed by atoms with Crippen molar-refractivity contribution in [3.8, 4) is 0 Å². The molecule has 4 heteroatoms. The lowest BCUT2D eigenvalue weighted by atomic mass is 10.2. The minimum absolute atomic E-state index is 0.676. The van der Waals surface area contributed by atoms with Gasteiger partial charge in [0.25, 0.3) is 0 Å². The van der Waals surface area contributed by atoms with Crippen LogP contribution in [0.15, 0.2) is 61.2 Å². The maximum Gasteiger partial charge on any atom is 0.150 e. The molecule has 2 rings (SSSR count). The molecule has 0 spiro atoms. The number of rotatable bonds is 3. The van der Waals surface area contributed by atoms with Crippen molar-refractivity contribution < 1.29 is 4.79 Å². The Bertz CT molecular complexity index is 555. The fraction of sp³-hybridized carbons (Fsp3) is 0. The summed E-state index contributed by atoms with van der Waals surface area (Å²) in [6.07, 6.45) is 0.846. The van der Waals surface area contributed by atoms with Gasteiger partial charge in [0.15, 0.2) is 0 Å². The summed E-state index contributed by atoms with van der Waals surface area (Å²) < 4.78 is 2.00. The molecular formula is C13H8Br2OS. The largest absolute Gasteiger partial charge is 0.298 e. The Morgan fingerprint density at radius 1 is 1.06 bits per heavy atom. The molecule has 0 bridgehead atoms. The van der Waals surface area contributed by atoms with Crippen LogP contribution in [0.25, 0.3) is 0 Å². The quantitative estimate of drug-likeness (QED) is 0.692. The van der Waals surface area contributed by atoms with Crippen LogP contribution in [0.4, 0.5) is 0 Å². The van der Waals surface area contributed by atoms with Gasteiger partial charge in [-0.15, -0.1) is 0 Å². The maximum absolute atomic E-state index is 10.6. The lowest BCUT2D eigenvalue weighted by Crippen LogP contribution is -1.82. The summed E-state index contributed by atoms with van der Waals surface area (Å²) in [5.41, 5.74) is 0.676. The molecule has 0 aromatic heterocycles. The standard InChI is InChI=1S/C13H8Br2OS/c14-10-2-1-3-11(7-10)17-13-5-4-9(8-16)6-12(13)15/h1-8H. The van der Waals surface area contributed by atoms with Gasteiger partial charge in [0.1, 0.15) is 6.29 Å². The van der Waals surface area contributed by atoms with Gasteiger partial charge in [0, 0.05) is 24.3 Å². The Hall–Kier alpha value is -0.580. The Kier molecular flexibility index (Phi) is 4.42. The summed E-state index contributed by atoms with van der Waals surface area (Å²) in [6.45, 7) is 0. The molecule has 0 heterocycles. The van der Waals surface area contributed by atoms with Gasteiger partial charge >= 0.3 is 0 Å². The Morgan fingerprint density at radius 3 is 2.53 bits per heavy atom. The van der Waals surface area contributed by atoms with Gasteiger partial charge in [0.2, 0.25) is 0 Å². The predicted octanol–water partition coefficient (Wildman–Crippen LogP) is 5.18. The second-order valence-corrected chi connectivity index (χ2v) is 6.25. The van der Waals surface area contributed by atoms with E-state index >= 15 is 0 Å². The molecule has 1 nitrogen and oxygen atoms in total. The first kappa shape index (κ1) is 12.9. The van der Waals surface area contributed by atoms with Crippen molar-refractivity contribution in [3.63, 3.8) is 0 Å². The topological polar surface area (TPSA) is 17.1 Å². The molecule has 0 unspecified atom stereocenters. The lowest BCUT2D eigenvalue weighted by molar-refractivity contribution is 0.112. The second kappa shape index (κ2) is 5.85. The molecule has 0 saturated heterocycles. The molecule has 17 heavy (non-hydrogen) atoms. The first-order chi connectivity index (χ1) is 8.19. The van der Waals surface area contributed by atoms with Gasteiger partial charge in [-0.1, -0.05) is 39.8 Å². The molecule has 0 aliphatic heterocycles. The summed E-state index contributed by atoms with van der Waals surface area (Å²) in [5.74, 6) is 0. The molecular weight excluding hydrogens is 364 g/mol. The minimum atomic E-state index is 0.676. The van der Waals surface area contributed by atoms with E-state index < -0.39 is 0 Å². The smallest absolute Gasteiger partial charge is 0.150 e. The average molecular weight is 372 g/mol. The SMILES string of the molecule is O=Cc1ccc(Sc2cccc(Br)c2)c(Br)c1. The van der Waals surface area contributed by atoms with Gasteiger partial charge in [0.05, 0.1) is 0 Å². The third-order valence-corrected chi connectivity index (χ3v) is 4.59. The van der Waals surface area contributed by atoms with Gasteiger partial charge < -0.3 is 0 Å². The molecule has 0 amide bonds. The molecule has 0 aliphatic carbocycles. The monoisotopic (exact) mass is 370 g/mol. The van der Waals surface area contributed by atoms with Crippen molar-refractivity contribution in [1.82, 2.24) is 0 Å². The van der Waals surface area contributed by atoms with Crippen LogP contribution in [0.2, 0.25) is 0 Å². The van der Waals surface area contributed by atoms with E-state index in [1.807, 2.05) is 30.3 Å². The molecule has 0 aliphatic rings. The molecule has 0 saturated carbocycles. The normalized spacial score (nSPS) is 10.2. The van der Waals surface area contributed by atoms with Crippen LogP contribution in [-0.2, 0) is 0 Å². The highest BCUT2D eigenvalue weighted by Crippen LogP contribution is 2.34. The average Bonchev–Trinajstić information content (AvgIpc) is 2.32. The highest BCUT2D eigenvalue weighted by Gasteiger charge is 2.04. The Balaban J connectivity index is 2.27. The first-order valence-electron chi connectivity index (χ1n) is 4.87. The number of hydrogen-bond donors (Lipinski definition) is 0. The zero-order chi connectivity index (χ0) is 12.3. The van der Waals surface area contributed by atoms with Gasteiger partial charge in [-0.25, -0.2) is 0 Å². The van der Waals surface area contributed by atoms with Crippen LogP contribution >= 0.6 is 43.6 Å². The third kappa shape index (κ3) is 3.44. The second-order valence-electron chi connectivity index (χ2n) is 3.37. The van der Waals surface area contributed by atoms with E-state index in [-0.39, 0.29) is 0 Å². The van der Waals surface area contributed by atoms with Crippen LogP contribution < -0.4 is 0 Å². The van der Waals surface area contributed by atoms with Gasteiger partial charge in [-0.05, 0) is 46.3 Å². The van der Waals surface area contributed by atoms with E-state index in [1.54, 1.807) is 11.8 Å². The van der Waals surface area contributed by atoms with E-state index in [0.29, 0.717) is 5.56 Å². The van der Waals surface area contributed by atoms with Gasteiger partial charge in [-0.2, -0.15) is 0 Å². The van der Waals surface area contributed by atoms with Crippen molar-refractivity contribution in [2.75, 3.05) is 0 Å². The van der Waals surface area contributed by atoms with Gasteiger partial charge in [-0.3, -0.25) is 4.79 Å². The van der Waals surface area contributed by atoms with E-state index in [1.165, 1.54) is 0 Å². The fourth-order valence-corrected chi connectivity index (χ4v) is 3.40. The van der Waals surface area contributed by atoms with Crippen LogP contribution in [0, 0.1) is 0 Å². The molecule has 2 aromatic carbocycles. The van der Waals surface area contributed by atoms with Crippen LogP contribution in [0.1, 0.15) is 10.4 Å². The van der Waals surface area contributed by atoms with Crippen molar-refractivity contribution >= 4 is 49.9 Å². The van der Waals surface area contributed by atoms with E-state index in [9.17, 15) is 4.79 Å². The summed E-state index contributed by atoms with van der Waals surface area (Å²) >= 11 is 8.57. The fourth-order valence-electron chi connectivity index (χ4n) is 1.33. The first-order valence-corrected chi connectivity index (χ1v) is 7.27. The van der Waals surface area contributed by atoms with Crippen molar-refractivity contribution in [2.24, 2.45) is 0 Å². The van der Waals surface area contributed by atoms with Crippen molar-refractivity contribution in [1.29, 1.82) is 0 Å². The number of carbonyl (C=O) groups is 1. The number of hydrogen-bond acceptors (Lipinski definition) is 2. The van der Waals surface area contributed by atoms with E-state index in [0.717, 1.165) is 25.0 Å². The Morgan fingerprint density at radius 2 is 1.88 bits per heavy atom. The number of aldehydes is 1. The summed E-state index contributed by atoms with van der Waals surface area (Å²) in [6, 6.07) is 13.7. The highest BCUT2D eigenvalue weighted by molar-refractivity contribution is 9.10. The number of halogens is 2. The molecule has 0 N–H and O–H groups in total. The van der Waals surface area contributed by atoms with Crippen LogP contribution in [0.5, 0.6) is 0 Å². The highest BCUT2D eigenvalue weighted by atomic mass is 79.9. The van der Waals surface area contributed by atoms with Crippen molar-refractivity contribution in [2.45, 2.75) is 9.79 Å². The molecule has 2 aromatic rings. The van der Waals surface area contributed by atoms with Crippen LogP contribution in [0.3, 0.4) is 0 Å². The third-order valence-electron chi connectivity index (χ3n) is 2.12. The molecule has 0 atom stereocenters. The number of benzene rings is 2. The Labute approximate surface area is 121 Å².